The largest absolute Gasteiger partial charge is 0.462 e. The minimum absolute atomic E-state index is 0.0877. The number of methoxy groups -OCH3 is 1. The van der Waals surface area contributed by atoms with Gasteiger partial charge in [0.2, 0.25) is 0 Å². The van der Waals surface area contributed by atoms with Crippen molar-refractivity contribution in [2.24, 2.45) is 0 Å². The predicted molar refractivity (Wildman–Crippen MR) is 97.8 cm³/mol. The molecule has 1 aromatic heterocycles. The fourth-order valence-corrected chi connectivity index (χ4v) is 4.02. The van der Waals surface area contributed by atoms with Crippen molar-refractivity contribution in [3.8, 4) is 0 Å². The van der Waals surface area contributed by atoms with E-state index >= 15 is 0 Å². The fraction of sp³-hybridized carbons (Fsp3) is 0.611. The summed E-state index contributed by atoms with van der Waals surface area (Å²) >= 11 is 1.03. The molecular weight excluding hydrogens is 358 g/mol. The fourth-order valence-electron chi connectivity index (χ4n) is 2.93. The summed E-state index contributed by atoms with van der Waals surface area (Å²) in [6.07, 6.45) is 4.89. The van der Waals surface area contributed by atoms with Crippen LogP contribution in [0.2, 0.25) is 0 Å². The Bertz CT molecular complexity index is 663. The number of rotatable bonds is 7. The molecule has 0 unspecified atom stereocenters. The molecule has 0 bridgehead atoms. The van der Waals surface area contributed by atoms with Crippen LogP contribution in [0.4, 0.5) is 5.00 Å². The van der Waals surface area contributed by atoms with E-state index in [4.69, 9.17) is 14.2 Å². The van der Waals surface area contributed by atoms with Gasteiger partial charge in [0.25, 0.3) is 5.91 Å². The standard InChI is InChI=1S/C18H25NO6S/c1-4-24-17(21)14-11(2)15(26-16(14)19-13(20)10-23-3)18(22)25-12-8-6-5-7-9-12/h12H,4-10H2,1-3H3,(H,19,20). The van der Waals surface area contributed by atoms with Crippen molar-refractivity contribution in [2.75, 3.05) is 25.6 Å². The van der Waals surface area contributed by atoms with Gasteiger partial charge < -0.3 is 19.5 Å². The number of ether oxygens (including phenoxy) is 3. The summed E-state index contributed by atoms with van der Waals surface area (Å²) in [4.78, 5) is 37.1. The van der Waals surface area contributed by atoms with Crippen molar-refractivity contribution < 1.29 is 28.6 Å². The molecule has 0 saturated heterocycles. The SMILES string of the molecule is CCOC(=O)c1c(NC(=O)COC)sc(C(=O)OC2CCCCC2)c1C. The highest BCUT2D eigenvalue weighted by atomic mass is 32.1. The number of carbonyl (C=O) groups excluding carboxylic acids is 3. The Hall–Kier alpha value is -1.93. The molecule has 1 aromatic rings. The van der Waals surface area contributed by atoms with E-state index in [1.807, 2.05) is 0 Å². The van der Waals surface area contributed by atoms with E-state index < -0.39 is 17.8 Å². The zero-order valence-corrected chi connectivity index (χ0v) is 16.2. The van der Waals surface area contributed by atoms with E-state index in [-0.39, 0.29) is 29.9 Å². The highest BCUT2D eigenvalue weighted by Gasteiger charge is 2.29. The molecule has 1 amide bonds. The Kier molecular flexibility index (Phi) is 7.59. The highest BCUT2D eigenvalue weighted by molar-refractivity contribution is 7.18. The van der Waals surface area contributed by atoms with Gasteiger partial charge in [-0.3, -0.25) is 4.79 Å². The maximum absolute atomic E-state index is 12.6. The van der Waals surface area contributed by atoms with Gasteiger partial charge in [0.1, 0.15) is 22.6 Å². The molecule has 144 valence electrons. The van der Waals surface area contributed by atoms with E-state index in [9.17, 15) is 14.4 Å². The number of hydrogen-bond donors (Lipinski definition) is 1. The molecule has 0 spiro atoms. The Morgan fingerprint density at radius 1 is 1.15 bits per heavy atom. The summed E-state index contributed by atoms with van der Waals surface area (Å²) < 4.78 is 15.5. The van der Waals surface area contributed by atoms with Crippen LogP contribution in [0.25, 0.3) is 0 Å². The quantitative estimate of drug-likeness (QED) is 0.727. The minimum atomic E-state index is -0.578. The third kappa shape index (κ3) is 5.04. The summed E-state index contributed by atoms with van der Waals surface area (Å²) in [7, 11) is 1.40. The van der Waals surface area contributed by atoms with Crippen LogP contribution in [0, 0.1) is 6.92 Å². The molecule has 1 saturated carbocycles. The van der Waals surface area contributed by atoms with Crippen molar-refractivity contribution >= 4 is 34.2 Å². The number of thiophene rings is 1. The molecule has 7 nitrogen and oxygen atoms in total. The second-order valence-corrected chi connectivity index (χ2v) is 7.15. The maximum atomic E-state index is 12.6. The zero-order valence-electron chi connectivity index (χ0n) is 15.4. The molecule has 0 atom stereocenters. The number of hydrogen-bond acceptors (Lipinski definition) is 7. The zero-order chi connectivity index (χ0) is 19.1. The number of esters is 2. The summed E-state index contributed by atoms with van der Waals surface area (Å²) in [6, 6.07) is 0. The van der Waals surface area contributed by atoms with Gasteiger partial charge in [-0.15, -0.1) is 11.3 Å². The van der Waals surface area contributed by atoms with Crippen molar-refractivity contribution in [2.45, 2.75) is 52.1 Å². The summed E-state index contributed by atoms with van der Waals surface area (Å²) in [6.45, 7) is 3.40. The lowest BCUT2D eigenvalue weighted by molar-refractivity contribution is -0.119. The van der Waals surface area contributed by atoms with Gasteiger partial charge in [-0.05, 0) is 45.1 Å². The molecule has 8 heteroatoms. The van der Waals surface area contributed by atoms with Crippen molar-refractivity contribution in [3.63, 3.8) is 0 Å². The third-order valence-corrected chi connectivity index (χ3v) is 5.35. The molecule has 26 heavy (non-hydrogen) atoms. The minimum Gasteiger partial charge on any atom is -0.462 e. The molecule has 1 aliphatic rings. The second kappa shape index (κ2) is 9.68. The first-order valence-corrected chi connectivity index (χ1v) is 9.59. The molecule has 1 N–H and O–H groups in total. The van der Waals surface area contributed by atoms with Gasteiger partial charge in [0.05, 0.1) is 12.2 Å². The summed E-state index contributed by atoms with van der Waals surface area (Å²) in [5.74, 6) is -1.45. The summed E-state index contributed by atoms with van der Waals surface area (Å²) in [5.41, 5.74) is 0.652. The lowest BCUT2D eigenvalue weighted by Gasteiger charge is -2.21. The first-order valence-electron chi connectivity index (χ1n) is 8.78. The molecule has 1 fully saturated rings. The van der Waals surface area contributed by atoms with Crippen molar-refractivity contribution in [1.29, 1.82) is 0 Å². The molecule has 1 aliphatic carbocycles. The van der Waals surface area contributed by atoms with Crippen LogP contribution in [0.15, 0.2) is 0 Å². The van der Waals surface area contributed by atoms with E-state index in [0.717, 1.165) is 43.4 Å². The first-order chi connectivity index (χ1) is 12.5. The maximum Gasteiger partial charge on any atom is 0.348 e. The molecular formula is C18H25NO6S. The molecule has 0 aliphatic heterocycles. The van der Waals surface area contributed by atoms with Crippen LogP contribution in [0.5, 0.6) is 0 Å². The topological polar surface area (TPSA) is 90.9 Å². The number of carbonyl (C=O) groups is 3. The van der Waals surface area contributed by atoms with E-state index in [2.05, 4.69) is 5.32 Å². The van der Waals surface area contributed by atoms with Gasteiger partial charge in [0.15, 0.2) is 0 Å². The van der Waals surface area contributed by atoms with Crippen molar-refractivity contribution in [3.05, 3.63) is 16.0 Å². The van der Waals surface area contributed by atoms with Gasteiger partial charge in [-0.1, -0.05) is 6.42 Å². The first kappa shape index (κ1) is 20.4. The molecule has 1 heterocycles. The van der Waals surface area contributed by atoms with E-state index in [1.165, 1.54) is 7.11 Å². The Balaban J connectivity index is 2.26. The number of amides is 1. The molecule has 0 radical (unpaired) electrons. The van der Waals surface area contributed by atoms with Gasteiger partial charge in [0, 0.05) is 7.11 Å². The monoisotopic (exact) mass is 383 g/mol. The normalized spacial score (nSPS) is 14.7. The van der Waals surface area contributed by atoms with Crippen LogP contribution in [0.1, 0.15) is 64.6 Å². The van der Waals surface area contributed by atoms with Gasteiger partial charge in [-0.2, -0.15) is 0 Å². The average molecular weight is 383 g/mol. The van der Waals surface area contributed by atoms with Crippen molar-refractivity contribution in [1.82, 2.24) is 0 Å². The van der Waals surface area contributed by atoms with E-state index in [1.54, 1.807) is 13.8 Å². The summed E-state index contributed by atoms with van der Waals surface area (Å²) in [5, 5.41) is 2.89. The second-order valence-electron chi connectivity index (χ2n) is 6.13. The van der Waals surface area contributed by atoms with Gasteiger partial charge in [-0.25, -0.2) is 9.59 Å². The lowest BCUT2D eigenvalue weighted by Crippen LogP contribution is -2.21. The number of anilines is 1. The van der Waals surface area contributed by atoms with Crippen LogP contribution < -0.4 is 5.32 Å². The van der Waals surface area contributed by atoms with Crippen LogP contribution in [0.3, 0.4) is 0 Å². The van der Waals surface area contributed by atoms with E-state index in [0.29, 0.717) is 10.4 Å². The van der Waals surface area contributed by atoms with Gasteiger partial charge >= 0.3 is 11.9 Å². The van der Waals surface area contributed by atoms with Crippen LogP contribution >= 0.6 is 11.3 Å². The molecule has 2 rings (SSSR count). The third-order valence-electron chi connectivity index (χ3n) is 4.17. The van der Waals surface area contributed by atoms with Crippen LogP contribution in [-0.2, 0) is 19.0 Å². The highest BCUT2D eigenvalue weighted by Crippen LogP contribution is 2.35. The number of nitrogens with one attached hydrogen (secondary N) is 1. The molecule has 0 aromatic carbocycles. The predicted octanol–water partition coefficient (Wildman–Crippen LogP) is 3.31. The Morgan fingerprint density at radius 3 is 2.46 bits per heavy atom. The van der Waals surface area contributed by atoms with Crippen LogP contribution in [-0.4, -0.2) is 44.3 Å². The average Bonchev–Trinajstić information content (AvgIpc) is 2.92. The smallest absolute Gasteiger partial charge is 0.348 e. The Labute approximate surface area is 157 Å². The Morgan fingerprint density at radius 2 is 1.85 bits per heavy atom. The lowest BCUT2D eigenvalue weighted by atomic mass is 9.98.